The van der Waals surface area contributed by atoms with Crippen molar-refractivity contribution in [2.75, 3.05) is 0 Å². The molecule has 0 bridgehead atoms. The van der Waals surface area contributed by atoms with Crippen LogP contribution in [0.4, 0.5) is 0 Å². The van der Waals surface area contributed by atoms with E-state index in [1.165, 1.54) is 0 Å². The van der Waals surface area contributed by atoms with Crippen molar-refractivity contribution >= 4 is 10.0 Å². The standard InChI is InChI=1S/C6H15NO3S/c1-5(2)10-7-11(8,9)6(3)4/h5-7H,1-4H3. The Morgan fingerprint density at radius 2 is 1.64 bits per heavy atom. The van der Waals surface area contributed by atoms with Crippen molar-refractivity contribution in [3.8, 4) is 0 Å². The quantitative estimate of drug-likeness (QED) is 0.648. The monoisotopic (exact) mass is 181 g/mol. The fourth-order valence-electron chi connectivity index (χ4n) is 0.260. The summed E-state index contributed by atoms with van der Waals surface area (Å²) in [6, 6.07) is 0. The lowest BCUT2D eigenvalue weighted by Crippen LogP contribution is -2.32. The van der Waals surface area contributed by atoms with Crippen LogP contribution >= 0.6 is 0 Å². The summed E-state index contributed by atoms with van der Waals surface area (Å²) in [4.78, 5) is 6.76. The van der Waals surface area contributed by atoms with Crippen LogP contribution in [0, 0.1) is 0 Å². The Hall–Kier alpha value is -0.130. The Labute approximate surface area is 67.9 Å². The van der Waals surface area contributed by atoms with Gasteiger partial charge in [0, 0.05) is 0 Å². The Balaban J connectivity index is 3.95. The lowest BCUT2D eigenvalue weighted by molar-refractivity contribution is 0.0405. The molecule has 0 radical (unpaired) electrons. The van der Waals surface area contributed by atoms with E-state index >= 15 is 0 Å². The maximum atomic E-state index is 11.0. The van der Waals surface area contributed by atoms with Gasteiger partial charge < -0.3 is 0 Å². The summed E-state index contributed by atoms with van der Waals surface area (Å²) in [5, 5.41) is -0.457. The third-order valence-corrected chi connectivity index (χ3v) is 2.59. The molecule has 11 heavy (non-hydrogen) atoms. The molecule has 0 aliphatic heterocycles. The summed E-state index contributed by atoms with van der Waals surface area (Å²) in [5.74, 6) is 0. The second-order valence-corrected chi connectivity index (χ2v) is 5.04. The topological polar surface area (TPSA) is 55.4 Å². The zero-order chi connectivity index (χ0) is 9.07. The lowest BCUT2D eigenvalue weighted by atomic mass is 10.5. The summed E-state index contributed by atoms with van der Waals surface area (Å²) in [6.45, 7) is 6.68. The summed E-state index contributed by atoms with van der Waals surface area (Å²) >= 11 is 0. The van der Waals surface area contributed by atoms with Crippen LogP contribution in [0.3, 0.4) is 0 Å². The van der Waals surface area contributed by atoms with E-state index in [2.05, 4.69) is 0 Å². The molecule has 0 unspecified atom stereocenters. The van der Waals surface area contributed by atoms with Crippen LogP contribution in [0.1, 0.15) is 27.7 Å². The van der Waals surface area contributed by atoms with Gasteiger partial charge >= 0.3 is 0 Å². The summed E-state index contributed by atoms with van der Waals surface area (Å²) < 4.78 is 22.0. The Morgan fingerprint density at radius 3 is 1.91 bits per heavy atom. The highest BCUT2D eigenvalue weighted by atomic mass is 32.2. The fraction of sp³-hybridized carbons (Fsp3) is 1.00. The van der Waals surface area contributed by atoms with Crippen LogP contribution in [-0.4, -0.2) is 19.8 Å². The van der Waals surface area contributed by atoms with Gasteiger partial charge in [-0.1, -0.05) is 4.89 Å². The maximum absolute atomic E-state index is 11.0. The highest BCUT2D eigenvalue weighted by Gasteiger charge is 2.15. The Bertz CT molecular complexity index is 196. The van der Waals surface area contributed by atoms with Crippen LogP contribution in [0.5, 0.6) is 0 Å². The molecule has 0 rings (SSSR count). The first-order valence-corrected chi connectivity index (χ1v) is 5.07. The van der Waals surface area contributed by atoms with Gasteiger partial charge in [-0.05, 0) is 27.7 Å². The smallest absolute Gasteiger partial charge is 0.235 e. The zero-order valence-electron chi connectivity index (χ0n) is 7.29. The summed E-state index contributed by atoms with van der Waals surface area (Å²) in [5.41, 5.74) is 0. The van der Waals surface area contributed by atoms with Crippen molar-refractivity contribution < 1.29 is 13.3 Å². The number of nitrogens with one attached hydrogen (secondary N) is 1. The van der Waals surface area contributed by atoms with Crippen molar-refractivity contribution in [1.29, 1.82) is 0 Å². The van der Waals surface area contributed by atoms with Crippen LogP contribution in [-0.2, 0) is 14.9 Å². The number of sulfonamides is 1. The van der Waals surface area contributed by atoms with Crippen molar-refractivity contribution in [2.45, 2.75) is 39.0 Å². The van der Waals surface area contributed by atoms with Gasteiger partial charge in [-0.2, -0.15) is 0 Å². The summed E-state index contributed by atoms with van der Waals surface area (Å²) in [7, 11) is -3.27. The first-order valence-electron chi connectivity index (χ1n) is 3.52. The van der Waals surface area contributed by atoms with Crippen molar-refractivity contribution in [1.82, 2.24) is 4.89 Å². The molecule has 0 spiro atoms. The molecule has 1 N–H and O–H groups in total. The van der Waals surface area contributed by atoms with E-state index in [0.717, 1.165) is 0 Å². The van der Waals surface area contributed by atoms with Gasteiger partial charge in [-0.15, -0.1) is 0 Å². The molecular formula is C6H15NO3S. The molecule has 0 amide bonds. The fourth-order valence-corrected chi connectivity index (χ4v) is 0.779. The van der Waals surface area contributed by atoms with Crippen LogP contribution in [0.2, 0.25) is 0 Å². The largest absolute Gasteiger partial charge is 0.284 e. The first kappa shape index (κ1) is 10.9. The van der Waals surface area contributed by atoms with E-state index in [-0.39, 0.29) is 6.10 Å². The second-order valence-electron chi connectivity index (χ2n) is 2.84. The van der Waals surface area contributed by atoms with E-state index < -0.39 is 15.3 Å². The molecule has 0 fully saturated rings. The van der Waals surface area contributed by atoms with Gasteiger partial charge in [0.25, 0.3) is 0 Å². The van der Waals surface area contributed by atoms with Gasteiger partial charge in [0.05, 0.1) is 11.4 Å². The SMILES string of the molecule is CC(C)ONS(=O)(=O)C(C)C. The normalized spacial score (nSPS) is 12.9. The third kappa shape index (κ3) is 4.34. The predicted octanol–water partition coefficient (Wildman–Crippen LogP) is 0.654. The average molecular weight is 181 g/mol. The number of hydrogen-bond acceptors (Lipinski definition) is 3. The van der Waals surface area contributed by atoms with Crippen molar-refractivity contribution in [3.05, 3.63) is 0 Å². The molecule has 0 aromatic heterocycles. The minimum atomic E-state index is -3.27. The van der Waals surface area contributed by atoms with Crippen LogP contribution in [0.15, 0.2) is 0 Å². The molecule has 4 nitrogen and oxygen atoms in total. The van der Waals surface area contributed by atoms with E-state index in [1.54, 1.807) is 27.7 Å². The maximum Gasteiger partial charge on any atom is 0.235 e. The summed E-state index contributed by atoms with van der Waals surface area (Å²) in [6.07, 6.45) is -0.136. The Morgan fingerprint density at radius 1 is 1.18 bits per heavy atom. The van der Waals surface area contributed by atoms with Gasteiger partial charge in [0.2, 0.25) is 10.0 Å². The molecule has 0 aliphatic rings. The van der Waals surface area contributed by atoms with Gasteiger partial charge in [-0.3, -0.25) is 4.84 Å². The van der Waals surface area contributed by atoms with E-state index in [0.29, 0.717) is 0 Å². The van der Waals surface area contributed by atoms with E-state index in [9.17, 15) is 8.42 Å². The molecular weight excluding hydrogens is 166 g/mol. The van der Waals surface area contributed by atoms with Crippen molar-refractivity contribution in [3.63, 3.8) is 0 Å². The van der Waals surface area contributed by atoms with Gasteiger partial charge in [0.1, 0.15) is 0 Å². The second kappa shape index (κ2) is 4.04. The van der Waals surface area contributed by atoms with Crippen LogP contribution < -0.4 is 4.89 Å². The highest BCUT2D eigenvalue weighted by molar-refractivity contribution is 7.89. The number of rotatable bonds is 4. The van der Waals surface area contributed by atoms with E-state index in [1.807, 2.05) is 4.89 Å². The van der Waals surface area contributed by atoms with Gasteiger partial charge in [0.15, 0.2) is 0 Å². The lowest BCUT2D eigenvalue weighted by Gasteiger charge is -2.11. The zero-order valence-corrected chi connectivity index (χ0v) is 8.10. The van der Waals surface area contributed by atoms with Crippen molar-refractivity contribution in [2.24, 2.45) is 0 Å². The molecule has 0 saturated heterocycles. The van der Waals surface area contributed by atoms with Crippen LogP contribution in [0.25, 0.3) is 0 Å². The molecule has 0 aliphatic carbocycles. The molecule has 0 atom stereocenters. The molecule has 5 heteroatoms. The average Bonchev–Trinajstić information content (AvgIpc) is 1.84. The minimum Gasteiger partial charge on any atom is -0.284 e. The molecule has 0 heterocycles. The molecule has 68 valence electrons. The van der Waals surface area contributed by atoms with E-state index in [4.69, 9.17) is 4.84 Å². The molecule has 0 saturated carbocycles. The Kier molecular flexibility index (Phi) is 3.99. The molecule has 0 aromatic rings. The third-order valence-electron chi connectivity index (χ3n) is 1.02. The number of hydrogen-bond donors (Lipinski definition) is 1. The highest BCUT2D eigenvalue weighted by Crippen LogP contribution is 1.96. The molecule has 0 aromatic carbocycles. The first-order chi connectivity index (χ1) is 4.86. The van der Waals surface area contributed by atoms with Gasteiger partial charge in [-0.25, -0.2) is 8.42 Å². The minimum absolute atomic E-state index is 0.136. The predicted molar refractivity (Wildman–Crippen MR) is 43.4 cm³/mol.